The number of nitrogens with one attached hydrogen (secondary N) is 1. The minimum Gasteiger partial charge on any atom is -0.495 e. The maximum atomic E-state index is 12.8. The van der Waals surface area contributed by atoms with Gasteiger partial charge in [-0.1, -0.05) is 0 Å². The highest BCUT2D eigenvalue weighted by molar-refractivity contribution is 7.89. The van der Waals surface area contributed by atoms with Crippen LogP contribution in [0.25, 0.3) is 10.9 Å². The molecule has 1 aromatic carbocycles. The van der Waals surface area contributed by atoms with Crippen LogP contribution in [0, 0.1) is 6.92 Å². The van der Waals surface area contributed by atoms with Crippen molar-refractivity contribution in [1.29, 1.82) is 0 Å². The first kappa shape index (κ1) is 16.0. The molecule has 0 saturated carbocycles. The molecule has 1 aromatic heterocycles. The Morgan fingerprint density at radius 3 is 2.57 bits per heavy atom. The molecule has 0 bridgehead atoms. The molecule has 1 N–H and O–H groups in total. The maximum absolute atomic E-state index is 12.8. The van der Waals surface area contributed by atoms with E-state index < -0.39 is 10.0 Å². The number of hydrogen-bond donors (Lipinski definition) is 1. The van der Waals surface area contributed by atoms with Crippen molar-refractivity contribution in [2.24, 2.45) is 0 Å². The Morgan fingerprint density at radius 2 is 1.91 bits per heavy atom. The third-order valence-electron chi connectivity index (χ3n) is 3.92. The van der Waals surface area contributed by atoms with E-state index in [1.807, 2.05) is 0 Å². The van der Waals surface area contributed by atoms with Crippen LogP contribution < -0.4 is 10.3 Å². The molecule has 1 aliphatic heterocycles. The number of benzene rings is 1. The maximum Gasteiger partial charge on any atom is 0.248 e. The molecule has 1 saturated heterocycles. The van der Waals surface area contributed by atoms with E-state index in [2.05, 4.69) is 4.98 Å². The molecular formula is C15H18N2O5S. The summed E-state index contributed by atoms with van der Waals surface area (Å²) in [5.41, 5.74) is 0.941. The molecule has 0 atom stereocenters. The van der Waals surface area contributed by atoms with Gasteiger partial charge in [0.25, 0.3) is 0 Å². The van der Waals surface area contributed by atoms with Gasteiger partial charge >= 0.3 is 0 Å². The summed E-state index contributed by atoms with van der Waals surface area (Å²) in [6.07, 6.45) is 0. The molecule has 0 radical (unpaired) electrons. The SMILES string of the molecule is COc1cc(S(=O)(=O)N2CCOCC2)cc2c(C)cc(=O)[nH]c12. The van der Waals surface area contributed by atoms with Crippen LogP contribution in [0.15, 0.2) is 27.9 Å². The molecule has 0 unspecified atom stereocenters. The zero-order chi connectivity index (χ0) is 16.6. The summed E-state index contributed by atoms with van der Waals surface area (Å²) in [7, 11) is -2.19. The van der Waals surface area contributed by atoms with Crippen molar-refractivity contribution in [3.05, 3.63) is 34.1 Å². The first-order valence-corrected chi connectivity index (χ1v) is 8.67. The van der Waals surface area contributed by atoms with Crippen molar-refractivity contribution < 1.29 is 17.9 Å². The van der Waals surface area contributed by atoms with E-state index in [0.717, 1.165) is 0 Å². The lowest BCUT2D eigenvalue weighted by Crippen LogP contribution is -2.40. The van der Waals surface area contributed by atoms with Crippen molar-refractivity contribution in [1.82, 2.24) is 9.29 Å². The van der Waals surface area contributed by atoms with E-state index in [9.17, 15) is 13.2 Å². The van der Waals surface area contributed by atoms with Gasteiger partial charge in [-0.15, -0.1) is 0 Å². The monoisotopic (exact) mass is 338 g/mol. The van der Waals surface area contributed by atoms with Gasteiger partial charge in [0.15, 0.2) is 0 Å². The van der Waals surface area contributed by atoms with Gasteiger partial charge in [0, 0.05) is 30.6 Å². The largest absolute Gasteiger partial charge is 0.495 e. The summed E-state index contributed by atoms with van der Waals surface area (Å²) in [5.74, 6) is 0.329. The van der Waals surface area contributed by atoms with E-state index >= 15 is 0 Å². The van der Waals surface area contributed by atoms with Crippen molar-refractivity contribution in [2.45, 2.75) is 11.8 Å². The number of aryl methyl sites for hydroxylation is 1. The molecule has 1 aliphatic rings. The Kier molecular flexibility index (Phi) is 4.13. The summed E-state index contributed by atoms with van der Waals surface area (Å²) in [4.78, 5) is 14.5. The predicted molar refractivity (Wildman–Crippen MR) is 85.4 cm³/mol. The Labute approximate surface area is 133 Å². The third kappa shape index (κ3) is 2.85. The number of methoxy groups -OCH3 is 1. The van der Waals surface area contributed by atoms with Gasteiger partial charge in [-0.2, -0.15) is 4.31 Å². The molecular weight excluding hydrogens is 320 g/mol. The third-order valence-corrected chi connectivity index (χ3v) is 5.80. The normalized spacial score (nSPS) is 16.6. The standard InChI is InChI=1S/C15H18N2O5S/c1-10-7-14(18)16-15-12(10)8-11(9-13(15)21-2)23(19,20)17-3-5-22-6-4-17/h7-9H,3-6H2,1-2H3,(H,16,18). The van der Waals surface area contributed by atoms with Gasteiger partial charge in [-0.05, 0) is 18.6 Å². The highest BCUT2D eigenvalue weighted by Gasteiger charge is 2.27. The summed E-state index contributed by atoms with van der Waals surface area (Å²) < 4.78 is 37.5. The molecule has 0 amide bonds. The number of aromatic nitrogens is 1. The van der Waals surface area contributed by atoms with Crippen LogP contribution in [0.5, 0.6) is 5.75 Å². The highest BCUT2D eigenvalue weighted by Crippen LogP contribution is 2.30. The smallest absolute Gasteiger partial charge is 0.248 e. The first-order chi connectivity index (χ1) is 10.9. The van der Waals surface area contributed by atoms with Crippen molar-refractivity contribution in [3.63, 3.8) is 0 Å². The molecule has 2 aromatic rings. The number of ether oxygens (including phenoxy) is 2. The average Bonchev–Trinajstić information content (AvgIpc) is 2.54. The fraction of sp³-hybridized carbons (Fsp3) is 0.400. The number of H-pyrrole nitrogens is 1. The number of nitrogens with zero attached hydrogens (tertiary/aromatic N) is 1. The number of pyridine rings is 1. The molecule has 7 nitrogen and oxygen atoms in total. The molecule has 0 spiro atoms. The Balaban J connectivity index is 2.20. The summed E-state index contributed by atoms with van der Waals surface area (Å²) in [5, 5.41) is 0.649. The number of rotatable bonds is 3. The van der Waals surface area contributed by atoms with Gasteiger partial charge in [0.1, 0.15) is 5.75 Å². The van der Waals surface area contributed by atoms with Crippen LogP contribution in [0.3, 0.4) is 0 Å². The van der Waals surface area contributed by atoms with Crippen LogP contribution in [-0.2, 0) is 14.8 Å². The fourth-order valence-corrected chi connectivity index (χ4v) is 4.16. The van der Waals surface area contributed by atoms with E-state index in [-0.39, 0.29) is 10.5 Å². The molecule has 124 valence electrons. The van der Waals surface area contributed by atoms with Crippen LogP contribution >= 0.6 is 0 Å². The second kappa shape index (κ2) is 5.95. The average molecular weight is 338 g/mol. The quantitative estimate of drug-likeness (QED) is 0.897. The lowest BCUT2D eigenvalue weighted by atomic mass is 10.1. The second-order valence-electron chi connectivity index (χ2n) is 5.38. The number of sulfonamides is 1. The predicted octanol–water partition coefficient (Wildman–Crippen LogP) is 0.866. The van der Waals surface area contributed by atoms with Gasteiger partial charge in [-0.3, -0.25) is 4.79 Å². The Morgan fingerprint density at radius 1 is 1.22 bits per heavy atom. The minimum absolute atomic E-state index is 0.152. The van der Waals surface area contributed by atoms with Crippen LogP contribution in [0.2, 0.25) is 0 Å². The van der Waals surface area contributed by atoms with Gasteiger partial charge in [0.2, 0.25) is 15.6 Å². The minimum atomic E-state index is -3.63. The molecule has 8 heteroatoms. The number of morpholine rings is 1. The van der Waals surface area contributed by atoms with Crippen LogP contribution in [0.1, 0.15) is 5.56 Å². The Hall–Kier alpha value is -1.90. The zero-order valence-corrected chi connectivity index (χ0v) is 13.8. The number of fused-ring (bicyclic) bond motifs is 1. The van der Waals surface area contributed by atoms with Crippen molar-refractivity contribution in [3.8, 4) is 5.75 Å². The molecule has 3 rings (SSSR count). The van der Waals surface area contributed by atoms with E-state index in [1.54, 1.807) is 13.0 Å². The van der Waals surface area contributed by atoms with Gasteiger partial charge in [0.05, 0.1) is 30.7 Å². The van der Waals surface area contributed by atoms with Crippen molar-refractivity contribution in [2.75, 3.05) is 33.4 Å². The molecule has 1 fully saturated rings. The van der Waals surface area contributed by atoms with E-state index in [4.69, 9.17) is 9.47 Å². The summed E-state index contributed by atoms with van der Waals surface area (Å²) >= 11 is 0. The lowest BCUT2D eigenvalue weighted by Gasteiger charge is -2.26. The zero-order valence-electron chi connectivity index (χ0n) is 13.0. The van der Waals surface area contributed by atoms with Crippen molar-refractivity contribution >= 4 is 20.9 Å². The fourth-order valence-electron chi connectivity index (χ4n) is 2.71. The molecule has 2 heterocycles. The number of hydrogen-bond acceptors (Lipinski definition) is 5. The van der Waals surface area contributed by atoms with Crippen LogP contribution in [-0.4, -0.2) is 51.1 Å². The lowest BCUT2D eigenvalue weighted by molar-refractivity contribution is 0.0730. The van der Waals surface area contributed by atoms with Gasteiger partial charge < -0.3 is 14.5 Å². The number of aromatic amines is 1. The molecule has 23 heavy (non-hydrogen) atoms. The first-order valence-electron chi connectivity index (χ1n) is 7.23. The Bertz CT molecular complexity index is 898. The van der Waals surface area contributed by atoms with E-state index in [0.29, 0.717) is 48.5 Å². The summed E-state index contributed by atoms with van der Waals surface area (Å²) in [6, 6.07) is 4.46. The van der Waals surface area contributed by atoms with Crippen LogP contribution in [0.4, 0.5) is 0 Å². The topological polar surface area (TPSA) is 88.7 Å². The van der Waals surface area contributed by atoms with E-state index in [1.165, 1.54) is 23.5 Å². The molecule has 0 aliphatic carbocycles. The second-order valence-corrected chi connectivity index (χ2v) is 7.32. The van der Waals surface area contributed by atoms with Gasteiger partial charge in [-0.25, -0.2) is 8.42 Å². The highest BCUT2D eigenvalue weighted by atomic mass is 32.2. The summed E-state index contributed by atoms with van der Waals surface area (Å²) in [6.45, 7) is 3.19.